The van der Waals surface area contributed by atoms with E-state index in [4.69, 9.17) is 14.7 Å². The summed E-state index contributed by atoms with van der Waals surface area (Å²) in [6, 6.07) is 7.49. The molecule has 0 spiro atoms. The highest BCUT2D eigenvalue weighted by atomic mass is 16.6. The van der Waals surface area contributed by atoms with Gasteiger partial charge in [0, 0.05) is 0 Å². The third-order valence-corrected chi connectivity index (χ3v) is 1.89. The van der Waals surface area contributed by atoms with Crippen molar-refractivity contribution < 1.29 is 14.7 Å². The molecule has 70 valence electrons. The Balaban J connectivity index is 2.11. The number of para-hydroxylation sites is 2. The van der Waals surface area contributed by atoms with Crippen molar-refractivity contribution >= 4 is 0 Å². The van der Waals surface area contributed by atoms with E-state index >= 15 is 0 Å². The first-order chi connectivity index (χ1) is 6.40. The van der Waals surface area contributed by atoms with Crippen LogP contribution in [0.4, 0.5) is 0 Å². The fourth-order valence-electron chi connectivity index (χ4n) is 1.27. The van der Waals surface area contributed by atoms with Gasteiger partial charge in [-0.15, -0.1) is 0 Å². The molecule has 2 N–H and O–H groups in total. The summed E-state index contributed by atoms with van der Waals surface area (Å²) in [6.45, 7) is 0.832. The molecule has 0 bridgehead atoms. The molecule has 0 aromatic heterocycles. The number of hydroxylamine groups is 1. The molecule has 1 aliphatic rings. The first kappa shape index (κ1) is 8.34. The van der Waals surface area contributed by atoms with Gasteiger partial charge in [-0.25, -0.2) is 5.48 Å². The molecule has 1 heterocycles. The van der Waals surface area contributed by atoms with Crippen LogP contribution in [0.5, 0.6) is 11.5 Å². The molecule has 1 aliphatic heterocycles. The molecule has 0 fully saturated rings. The lowest BCUT2D eigenvalue weighted by atomic mass is 10.2. The molecule has 0 amide bonds. The molecule has 4 heteroatoms. The molecule has 0 saturated carbocycles. The SMILES string of the molecule is ONCC1COc2ccccc2O1. The van der Waals surface area contributed by atoms with Gasteiger partial charge >= 0.3 is 0 Å². The number of rotatable bonds is 2. The highest BCUT2D eigenvalue weighted by molar-refractivity contribution is 5.40. The van der Waals surface area contributed by atoms with Crippen LogP contribution < -0.4 is 15.0 Å². The number of nitrogens with one attached hydrogen (secondary N) is 1. The Morgan fingerprint density at radius 1 is 1.38 bits per heavy atom. The van der Waals surface area contributed by atoms with Crippen LogP contribution in [0, 0.1) is 0 Å². The van der Waals surface area contributed by atoms with Gasteiger partial charge in [0.25, 0.3) is 0 Å². The van der Waals surface area contributed by atoms with Crippen LogP contribution in [0.3, 0.4) is 0 Å². The van der Waals surface area contributed by atoms with Crippen LogP contribution in [0.15, 0.2) is 24.3 Å². The zero-order chi connectivity index (χ0) is 9.10. The molecule has 1 aromatic rings. The van der Waals surface area contributed by atoms with E-state index in [1.165, 1.54) is 0 Å². The van der Waals surface area contributed by atoms with Crippen LogP contribution in [0.25, 0.3) is 0 Å². The van der Waals surface area contributed by atoms with Gasteiger partial charge in [0.2, 0.25) is 0 Å². The summed E-state index contributed by atoms with van der Waals surface area (Å²) in [7, 11) is 0. The molecule has 1 aromatic carbocycles. The Labute approximate surface area is 76.0 Å². The standard InChI is InChI=1S/C9H11NO3/c11-10-5-7-6-12-8-3-1-2-4-9(8)13-7/h1-4,7,10-11H,5-6H2. The number of hydrogen-bond donors (Lipinski definition) is 2. The van der Waals surface area contributed by atoms with E-state index in [1.807, 2.05) is 24.3 Å². The van der Waals surface area contributed by atoms with E-state index in [2.05, 4.69) is 5.48 Å². The second-order valence-corrected chi connectivity index (χ2v) is 2.86. The summed E-state index contributed by atoms with van der Waals surface area (Å²) >= 11 is 0. The maximum absolute atomic E-state index is 8.48. The maximum Gasteiger partial charge on any atom is 0.161 e. The first-order valence-electron chi connectivity index (χ1n) is 4.15. The van der Waals surface area contributed by atoms with Crippen molar-refractivity contribution in [2.75, 3.05) is 13.2 Å². The van der Waals surface area contributed by atoms with Gasteiger partial charge in [0.05, 0.1) is 6.54 Å². The molecular formula is C9H11NO3. The topological polar surface area (TPSA) is 50.7 Å². The zero-order valence-corrected chi connectivity index (χ0v) is 7.06. The van der Waals surface area contributed by atoms with E-state index in [0.29, 0.717) is 13.2 Å². The highest BCUT2D eigenvalue weighted by Crippen LogP contribution is 2.30. The Morgan fingerprint density at radius 2 is 2.15 bits per heavy atom. The van der Waals surface area contributed by atoms with Crippen LogP contribution in [-0.2, 0) is 0 Å². The number of benzene rings is 1. The normalized spacial score (nSPS) is 19.9. The number of hydrogen-bond acceptors (Lipinski definition) is 4. The van der Waals surface area contributed by atoms with E-state index in [1.54, 1.807) is 0 Å². The molecule has 0 saturated heterocycles. The lowest BCUT2D eigenvalue weighted by Gasteiger charge is -2.25. The third kappa shape index (κ3) is 1.74. The molecule has 1 atom stereocenters. The van der Waals surface area contributed by atoms with E-state index in [-0.39, 0.29) is 6.10 Å². The molecule has 4 nitrogen and oxygen atoms in total. The summed E-state index contributed by atoms with van der Waals surface area (Å²) in [5.74, 6) is 1.49. The van der Waals surface area contributed by atoms with Crippen LogP contribution in [0.1, 0.15) is 0 Å². The quantitative estimate of drug-likeness (QED) is 0.663. The fraction of sp³-hybridized carbons (Fsp3) is 0.333. The van der Waals surface area contributed by atoms with Crippen molar-refractivity contribution in [1.29, 1.82) is 0 Å². The van der Waals surface area contributed by atoms with Crippen LogP contribution in [0.2, 0.25) is 0 Å². The molecule has 1 unspecified atom stereocenters. The smallest absolute Gasteiger partial charge is 0.161 e. The van der Waals surface area contributed by atoms with E-state index in [9.17, 15) is 0 Å². The monoisotopic (exact) mass is 181 g/mol. The number of fused-ring (bicyclic) bond motifs is 1. The van der Waals surface area contributed by atoms with Gasteiger partial charge in [-0.3, -0.25) is 0 Å². The Morgan fingerprint density at radius 3 is 2.92 bits per heavy atom. The summed E-state index contributed by atoms with van der Waals surface area (Å²) in [5.41, 5.74) is 2.06. The highest BCUT2D eigenvalue weighted by Gasteiger charge is 2.19. The van der Waals surface area contributed by atoms with E-state index in [0.717, 1.165) is 11.5 Å². The largest absolute Gasteiger partial charge is 0.486 e. The Kier molecular flexibility index (Phi) is 2.33. The summed E-state index contributed by atoms with van der Waals surface area (Å²) in [4.78, 5) is 0. The van der Waals surface area contributed by atoms with Gasteiger partial charge in [0.1, 0.15) is 12.7 Å². The third-order valence-electron chi connectivity index (χ3n) is 1.89. The van der Waals surface area contributed by atoms with Gasteiger partial charge in [-0.1, -0.05) is 12.1 Å². The minimum atomic E-state index is -0.125. The molecular weight excluding hydrogens is 170 g/mol. The fourth-order valence-corrected chi connectivity index (χ4v) is 1.27. The van der Waals surface area contributed by atoms with Crippen molar-refractivity contribution in [3.05, 3.63) is 24.3 Å². The van der Waals surface area contributed by atoms with Gasteiger partial charge < -0.3 is 14.7 Å². The number of ether oxygens (including phenoxy) is 2. The average molecular weight is 181 g/mol. The molecule has 0 aliphatic carbocycles. The van der Waals surface area contributed by atoms with Crippen molar-refractivity contribution in [1.82, 2.24) is 5.48 Å². The molecule has 2 rings (SSSR count). The predicted octanol–water partition coefficient (Wildman–Crippen LogP) is 0.805. The van der Waals surface area contributed by atoms with Crippen molar-refractivity contribution in [3.8, 4) is 11.5 Å². The van der Waals surface area contributed by atoms with Crippen molar-refractivity contribution in [2.24, 2.45) is 0 Å². The lowest BCUT2D eigenvalue weighted by Crippen LogP contribution is -2.37. The first-order valence-corrected chi connectivity index (χ1v) is 4.15. The Bertz CT molecular complexity index is 290. The Hall–Kier alpha value is -1.26. The van der Waals surface area contributed by atoms with Crippen LogP contribution >= 0.6 is 0 Å². The van der Waals surface area contributed by atoms with Gasteiger partial charge in [0.15, 0.2) is 11.5 Å². The summed E-state index contributed by atoms with van der Waals surface area (Å²) < 4.78 is 10.9. The van der Waals surface area contributed by atoms with E-state index < -0.39 is 0 Å². The second kappa shape index (κ2) is 3.64. The second-order valence-electron chi connectivity index (χ2n) is 2.86. The molecule has 0 radical (unpaired) electrons. The maximum atomic E-state index is 8.48. The lowest BCUT2D eigenvalue weighted by molar-refractivity contribution is 0.0527. The van der Waals surface area contributed by atoms with Gasteiger partial charge in [-0.05, 0) is 12.1 Å². The molecule has 13 heavy (non-hydrogen) atoms. The van der Waals surface area contributed by atoms with Gasteiger partial charge in [-0.2, -0.15) is 0 Å². The minimum Gasteiger partial charge on any atom is -0.486 e. The van der Waals surface area contributed by atoms with Crippen LogP contribution in [-0.4, -0.2) is 24.5 Å². The minimum absolute atomic E-state index is 0.125. The van der Waals surface area contributed by atoms with Crippen molar-refractivity contribution in [2.45, 2.75) is 6.10 Å². The predicted molar refractivity (Wildman–Crippen MR) is 46.1 cm³/mol. The average Bonchev–Trinajstić information content (AvgIpc) is 2.18. The summed E-state index contributed by atoms with van der Waals surface area (Å²) in [6.07, 6.45) is -0.125. The zero-order valence-electron chi connectivity index (χ0n) is 7.06. The van der Waals surface area contributed by atoms with Crippen molar-refractivity contribution in [3.63, 3.8) is 0 Å². The summed E-state index contributed by atoms with van der Waals surface area (Å²) in [5, 5.41) is 8.48.